The molecule has 3 aromatic rings. The van der Waals surface area contributed by atoms with Crippen molar-refractivity contribution in [1.82, 2.24) is 19.5 Å². The van der Waals surface area contributed by atoms with Gasteiger partial charge in [0.25, 0.3) is 0 Å². The van der Waals surface area contributed by atoms with E-state index in [1.54, 1.807) is 0 Å². The highest BCUT2D eigenvalue weighted by molar-refractivity contribution is 5.82. The summed E-state index contributed by atoms with van der Waals surface area (Å²) in [4.78, 5) is 14.0. The van der Waals surface area contributed by atoms with Crippen molar-refractivity contribution in [1.29, 1.82) is 0 Å². The molecule has 0 bridgehead atoms. The molecule has 1 saturated carbocycles. The molecule has 0 saturated heterocycles. The number of hydrogen-bond donors (Lipinski definition) is 0. The Morgan fingerprint density at radius 1 is 0.963 bits per heavy atom. The molecule has 27 heavy (non-hydrogen) atoms. The van der Waals surface area contributed by atoms with Gasteiger partial charge in [0.2, 0.25) is 0 Å². The van der Waals surface area contributed by atoms with Crippen LogP contribution in [0.15, 0.2) is 30.6 Å². The zero-order valence-electron chi connectivity index (χ0n) is 16.4. The first-order valence-electron chi connectivity index (χ1n) is 10.5. The topological polar surface area (TPSA) is 43.6 Å². The smallest absolute Gasteiger partial charge is 0.130 e. The van der Waals surface area contributed by atoms with Crippen LogP contribution in [0.5, 0.6) is 0 Å². The lowest BCUT2D eigenvalue weighted by atomic mass is 9.83. The van der Waals surface area contributed by atoms with Crippen molar-refractivity contribution in [3.05, 3.63) is 42.2 Å². The summed E-state index contributed by atoms with van der Waals surface area (Å²) in [5.74, 6) is 3.37. The first kappa shape index (κ1) is 16.9. The number of aryl methyl sites for hydroxylation is 1. The van der Waals surface area contributed by atoms with Gasteiger partial charge in [-0.05, 0) is 42.9 Å². The van der Waals surface area contributed by atoms with Crippen molar-refractivity contribution in [2.75, 3.05) is 0 Å². The Balaban J connectivity index is 1.54. The summed E-state index contributed by atoms with van der Waals surface area (Å²) in [7, 11) is 0. The number of rotatable bonds is 3. The van der Waals surface area contributed by atoms with Gasteiger partial charge in [0.15, 0.2) is 0 Å². The molecule has 4 heteroatoms. The third-order valence-electron chi connectivity index (χ3n) is 6.47. The van der Waals surface area contributed by atoms with Crippen LogP contribution in [0.1, 0.15) is 76.0 Å². The van der Waals surface area contributed by atoms with E-state index >= 15 is 0 Å². The van der Waals surface area contributed by atoms with Crippen molar-refractivity contribution in [2.24, 2.45) is 5.92 Å². The van der Waals surface area contributed by atoms with E-state index in [0.29, 0.717) is 12.0 Å². The fourth-order valence-corrected chi connectivity index (χ4v) is 5.03. The van der Waals surface area contributed by atoms with Crippen molar-refractivity contribution < 1.29 is 0 Å². The summed E-state index contributed by atoms with van der Waals surface area (Å²) in [5.41, 5.74) is 4.70. The minimum atomic E-state index is 0.357. The molecule has 1 unspecified atom stereocenters. The molecule has 0 spiro atoms. The lowest BCUT2D eigenvalue weighted by molar-refractivity contribution is 0.259. The SMILES string of the molecule is CC(C)c1ncc(-c2ccc3nc4n(c3c2)C(C2CCCCC2)CC4)cn1. The maximum Gasteiger partial charge on any atom is 0.130 e. The third-order valence-corrected chi connectivity index (χ3v) is 6.47. The highest BCUT2D eigenvalue weighted by Gasteiger charge is 2.32. The van der Waals surface area contributed by atoms with E-state index < -0.39 is 0 Å². The average molecular weight is 361 g/mol. The second-order valence-corrected chi connectivity index (χ2v) is 8.59. The van der Waals surface area contributed by atoms with Crippen LogP contribution in [-0.4, -0.2) is 19.5 Å². The molecule has 1 fully saturated rings. The Kier molecular flexibility index (Phi) is 4.22. The van der Waals surface area contributed by atoms with E-state index in [0.717, 1.165) is 29.2 Å². The van der Waals surface area contributed by atoms with E-state index in [9.17, 15) is 0 Å². The molecular formula is C23H28N4. The quantitative estimate of drug-likeness (QED) is 0.603. The second kappa shape index (κ2) is 6.74. The van der Waals surface area contributed by atoms with E-state index in [1.807, 2.05) is 12.4 Å². The molecule has 1 aliphatic carbocycles. The van der Waals surface area contributed by atoms with Crippen molar-refractivity contribution in [3.8, 4) is 11.1 Å². The van der Waals surface area contributed by atoms with Gasteiger partial charge in [-0.15, -0.1) is 0 Å². The Hall–Kier alpha value is -2.23. The first-order valence-corrected chi connectivity index (χ1v) is 10.5. The standard InChI is InChI=1S/C23H28N4/c1-15(2)23-24-13-18(14-25-23)17-8-9-19-21(12-17)27-20(10-11-22(27)26-19)16-6-4-3-5-7-16/h8-9,12-16,20H,3-7,10-11H2,1-2H3. The molecule has 2 aromatic heterocycles. The first-order chi connectivity index (χ1) is 13.2. The number of imidazole rings is 1. The van der Waals surface area contributed by atoms with Gasteiger partial charge in [-0.1, -0.05) is 39.2 Å². The van der Waals surface area contributed by atoms with Crippen LogP contribution >= 0.6 is 0 Å². The molecule has 0 radical (unpaired) electrons. The largest absolute Gasteiger partial charge is 0.325 e. The molecule has 1 aromatic carbocycles. The van der Waals surface area contributed by atoms with E-state index in [2.05, 4.69) is 46.6 Å². The van der Waals surface area contributed by atoms with Crippen molar-refractivity contribution in [2.45, 2.75) is 70.8 Å². The zero-order valence-corrected chi connectivity index (χ0v) is 16.4. The average Bonchev–Trinajstić information content (AvgIpc) is 3.27. The van der Waals surface area contributed by atoms with E-state index in [1.165, 1.54) is 55.4 Å². The number of benzene rings is 1. The van der Waals surface area contributed by atoms with Crippen LogP contribution in [0, 0.1) is 5.92 Å². The summed E-state index contributed by atoms with van der Waals surface area (Å²) >= 11 is 0. The Morgan fingerprint density at radius 3 is 2.48 bits per heavy atom. The van der Waals surface area contributed by atoms with Crippen LogP contribution in [0.3, 0.4) is 0 Å². The summed E-state index contributed by atoms with van der Waals surface area (Å²) < 4.78 is 2.57. The van der Waals surface area contributed by atoms with E-state index in [4.69, 9.17) is 4.98 Å². The predicted octanol–water partition coefficient (Wildman–Crippen LogP) is 5.68. The third kappa shape index (κ3) is 2.95. The van der Waals surface area contributed by atoms with Crippen LogP contribution in [-0.2, 0) is 6.42 Å². The fourth-order valence-electron chi connectivity index (χ4n) is 5.03. The van der Waals surface area contributed by atoms with Gasteiger partial charge in [0.05, 0.1) is 11.0 Å². The molecule has 3 heterocycles. The maximum absolute atomic E-state index is 4.94. The number of fused-ring (bicyclic) bond motifs is 3. The predicted molar refractivity (Wildman–Crippen MR) is 109 cm³/mol. The summed E-state index contributed by atoms with van der Waals surface area (Å²) in [6, 6.07) is 7.28. The van der Waals surface area contributed by atoms with Crippen LogP contribution in [0.2, 0.25) is 0 Å². The van der Waals surface area contributed by atoms with Gasteiger partial charge in [-0.2, -0.15) is 0 Å². The zero-order chi connectivity index (χ0) is 18.4. The minimum absolute atomic E-state index is 0.357. The second-order valence-electron chi connectivity index (χ2n) is 8.59. The van der Waals surface area contributed by atoms with Crippen LogP contribution in [0.4, 0.5) is 0 Å². The lowest BCUT2D eigenvalue weighted by Gasteiger charge is -2.29. The van der Waals surface area contributed by atoms with Gasteiger partial charge in [-0.3, -0.25) is 0 Å². The molecule has 0 amide bonds. The molecule has 5 rings (SSSR count). The van der Waals surface area contributed by atoms with Crippen molar-refractivity contribution >= 4 is 11.0 Å². The monoisotopic (exact) mass is 360 g/mol. The minimum Gasteiger partial charge on any atom is -0.325 e. The number of nitrogens with zero attached hydrogens (tertiary/aromatic N) is 4. The molecule has 140 valence electrons. The lowest BCUT2D eigenvalue weighted by Crippen LogP contribution is -2.18. The highest BCUT2D eigenvalue weighted by atomic mass is 15.1. The van der Waals surface area contributed by atoms with Gasteiger partial charge in [0, 0.05) is 36.3 Å². The van der Waals surface area contributed by atoms with Crippen LogP contribution in [0.25, 0.3) is 22.2 Å². The van der Waals surface area contributed by atoms with Crippen LogP contribution < -0.4 is 0 Å². The van der Waals surface area contributed by atoms with Gasteiger partial charge in [-0.25, -0.2) is 15.0 Å². The Bertz CT molecular complexity index is 948. The van der Waals surface area contributed by atoms with Gasteiger partial charge < -0.3 is 4.57 Å². The number of hydrogen-bond acceptors (Lipinski definition) is 3. The molecular weight excluding hydrogens is 332 g/mol. The molecule has 2 aliphatic rings. The molecule has 1 aliphatic heterocycles. The Morgan fingerprint density at radius 2 is 1.74 bits per heavy atom. The summed E-state index contributed by atoms with van der Waals surface area (Å²) in [6.45, 7) is 4.25. The fraction of sp³-hybridized carbons (Fsp3) is 0.522. The van der Waals surface area contributed by atoms with E-state index in [-0.39, 0.29) is 0 Å². The van der Waals surface area contributed by atoms with Gasteiger partial charge >= 0.3 is 0 Å². The van der Waals surface area contributed by atoms with Gasteiger partial charge in [0.1, 0.15) is 11.6 Å². The summed E-state index contributed by atoms with van der Waals surface area (Å²) in [6.07, 6.45) is 13.3. The molecule has 1 atom stereocenters. The number of aromatic nitrogens is 4. The summed E-state index contributed by atoms with van der Waals surface area (Å²) in [5, 5.41) is 0. The normalized spacial score (nSPS) is 20.5. The molecule has 4 nitrogen and oxygen atoms in total. The Labute approximate surface area is 161 Å². The van der Waals surface area contributed by atoms with Crippen molar-refractivity contribution in [3.63, 3.8) is 0 Å². The maximum atomic E-state index is 4.94. The molecule has 0 N–H and O–H groups in total. The highest BCUT2D eigenvalue weighted by Crippen LogP contribution is 2.42.